The third-order valence-electron chi connectivity index (χ3n) is 3.25. The predicted octanol–water partition coefficient (Wildman–Crippen LogP) is 3.48. The molecule has 5 nitrogen and oxygen atoms in total. The molecule has 126 valence electrons. The van der Waals surface area contributed by atoms with Crippen molar-refractivity contribution in [3.05, 3.63) is 59.7 Å². The highest BCUT2D eigenvalue weighted by molar-refractivity contribution is 6.10. The van der Waals surface area contributed by atoms with Gasteiger partial charge in [-0.15, -0.1) is 0 Å². The molecule has 2 amide bonds. The highest BCUT2D eigenvalue weighted by Crippen LogP contribution is 2.22. The molecule has 0 aromatic heterocycles. The zero-order chi connectivity index (χ0) is 17.5. The van der Waals surface area contributed by atoms with E-state index in [4.69, 9.17) is 4.74 Å². The summed E-state index contributed by atoms with van der Waals surface area (Å²) in [6.45, 7) is 6.17. The Morgan fingerprint density at radius 1 is 0.958 bits per heavy atom. The van der Waals surface area contributed by atoms with E-state index in [1.54, 1.807) is 42.5 Å². The van der Waals surface area contributed by atoms with E-state index in [-0.39, 0.29) is 17.9 Å². The molecule has 2 N–H and O–H groups in total. The largest absolute Gasteiger partial charge is 0.490 e. The van der Waals surface area contributed by atoms with Gasteiger partial charge in [0.2, 0.25) is 0 Å². The summed E-state index contributed by atoms with van der Waals surface area (Å²) in [5, 5.41) is 5.54. The maximum absolute atomic E-state index is 12.6. The Morgan fingerprint density at radius 3 is 2.25 bits per heavy atom. The Balaban J connectivity index is 2.27. The topological polar surface area (TPSA) is 67.4 Å². The summed E-state index contributed by atoms with van der Waals surface area (Å²) in [5.41, 5.74) is 1.32. The maximum atomic E-state index is 12.6. The Labute approximate surface area is 142 Å². The second-order valence-corrected chi connectivity index (χ2v) is 5.52. The third kappa shape index (κ3) is 4.35. The molecule has 0 spiro atoms. The summed E-state index contributed by atoms with van der Waals surface area (Å²) < 4.78 is 5.68. The lowest BCUT2D eigenvalue weighted by Crippen LogP contribution is -2.25. The number of para-hydroxylation sites is 2. The molecule has 0 aliphatic rings. The lowest BCUT2D eigenvalue weighted by molar-refractivity contribution is 0.0956. The fraction of sp³-hybridized carbons (Fsp3) is 0.263. The molecular formula is C19H22N2O3. The van der Waals surface area contributed by atoms with Crippen molar-refractivity contribution in [1.82, 2.24) is 5.32 Å². The van der Waals surface area contributed by atoms with Crippen LogP contribution >= 0.6 is 0 Å². The van der Waals surface area contributed by atoms with Crippen molar-refractivity contribution in [2.45, 2.75) is 26.9 Å². The Hall–Kier alpha value is -2.82. The van der Waals surface area contributed by atoms with Crippen molar-refractivity contribution in [1.29, 1.82) is 0 Å². The van der Waals surface area contributed by atoms with Crippen LogP contribution in [0.4, 0.5) is 5.69 Å². The van der Waals surface area contributed by atoms with Crippen molar-refractivity contribution < 1.29 is 14.3 Å². The van der Waals surface area contributed by atoms with Gasteiger partial charge >= 0.3 is 0 Å². The number of hydrogen-bond acceptors (Lipinski definition) is 3. The summed E-state index contributed by atoms with van der Waals surface area (Å²) in [5.74, 6) is -0.0244. The van der Waals surface area contributed by atoms with Crippen molar-refractivity contribution >= 4 is 17.5 Å². The molecular weight excluding hydrogens is 304 g/mol. The van der Waals surface area contributed by atoms with Crippen molar-refractivity contribution in [3.8, 4) is 5.75 Å². The first-order valence-corrected chi connectivity index (χ1v) is 7.97. The SMILES string of the molecule is CCNC(=O)c1ccccc1NC(=O)c1ccccc1OC(C)C. The number of benzene rings is 2. The number of amides is 2. The first-order valence-electron chi connectivity index (χ1n) is 7.97. The van der Waals surface area contributed by atoms with Crippen molar-refractivity contribution in [3.63, 3.8) is 0 Å². The van der Waals surface area contributed by atoms with Gasteiger partial charge in [0.1, 0.15) is 5.75 Å². The summed E-state index contributed by atoms with van der Waals surface area (Å²) in [6, 6.07) is 14.0. The monoisotopic (exact) mass is 326 g/mol. The van der Waals surface area contributed by atoms with Crippen LogP contribution in [0.15, 0.2) is 48.5 Å². The molecule has 2 aromatic carbocycles. The van der Waals surface area contributed by atoms with Crippen molar-refractivity contribution in [2.24, 2.45) is 0 Å². The number of hydrogen-bond donors (Lipinski definition) is 2. The molecule has 0 saturated carbocycles. The molecule has 2 aromatic rings. The van der Waals surface area contributed by atoms with Crippen LogP contribution in [0, 0.1) is 0 Å². The first-order chi connectivity index (χ1) is 11.5. The smallest absolute Gasteiger partial charge is 0.259 e. The number of ether oxygens (including phenoxy) is 1. The molecule has 5 heteroatoms. The van der Waals surface area contributed by atoms with Gasteiger partial charge < -0.3 is 15.4 Å². The van der Waals surface area contributed by atoms with Crippen LogP contribution in [0.2, 0.25) is 0 Å². The maximum Gasteiger partial charge on any atom is 0.259 e. The summed E-state index contributed by atoms with van der Waals surface area (Å²) in [4.78, 5) is 24.7. The Morgan fingerprint density at radius 2 is 1.58 bits per heavy atom. The fourth-order valence-electron chi connectivity index (χ4n) is 2.25. The Bertz CT molecular complexity index is 726. The van der Waals surface area contributed by atoms with Gasteiger partial charge in [-0.05, 0) is 45.0 Å². The number of carbonyl (C=O) groups is 2. The molecule has 0 aliphatic heterocycles. The highest BCUT2D eigenvalue weighted by atomic mass is 16.5. The van der Waals surface area contributed by atoms with Crippen LogP contribution in [-0.4, -0.2) is 24.5 Å². The van der Waals surface area contributed by atoms with E-state index in [2.05, 4.69) is 10.6 Å². The molecule has 0 radical (unpaired) electrons. The molecule has 0 heterocycles. The molecule has 0 saturated heterocycles. The van der Waals surface area contributed by atoms with E-state index in [1.165, 1.54) is 0 Å². The molecule has 0 unspecified atom stereocenters. The zero-order valence-corrected chi connectivity index (χ0v) is 14.1. The molecule has 0 aliphatic carbocycles. The van der Waals surface area contributed by atoms with E-state index in [9.17, 15) is 9.59 Å². The minimum absolute atomic E-state index is 0.0402. The summed E-state index contributed by atoms with van der Waals surface area (Å²) in [6.07, 6.45) is -0.0402. The van der Waals surface area contributed by atoms with Crippen LogP contribution in [0.5, 0.6) is 5.75 Å². The van der Waals surface area contributed by atoms with E-state index in [1.807, 2.05) is 26.8 Å². The van der Waals surface area contributed by atoms with Gasteiger partial charge in [0.15, 0.2) is 0 Å². The second-order valence-electron chi connectivity index (χ2n) is 5.52. The fourth-order valence-corrected chi connectivity index (χ4v) is 2.25. The van der Waals surface area contributed by atoms with E-state index < -0.39 is 0 Å². The summed E-state index contributed by atoms with van der Waals surface area (Å²) in [7, 11) is 0. The second kappa shape index (κ2) is 8.15. The highest BCUT2D eigenvalue weighted by Gasteiger charge is 2.16. The number of nitrogens with one attached hydrogen (secondary N) is 2. The van der Waals surface area contributed by atoms with Crippen LogP contribution < -0.4 is 15.4 Å². The number of rotatable bonds is 6. The quantitative estimate of drug-likeness (QED) is 0.854. The van der Waals surface area contributed by atoms with E-state index in [0.717, 1.165) is 0 Å². The molecule has 0 fully saturated rings. The average Bonchev–Trinajstić information content (AvgIpc) is 2.55. The van der Waals surface area contributed by atoms with Gasteiger partial charge in [0.05, 0.1) is 22.9 Å². The van der Waals surface area contributed by atoms with Gasteiger partial charge in [-0.25, -0.2) is 0 Å². The van der Waals surface area contributed by atoms with Gasteiger partial charge in [-0.1, -0.05) is 24.3 Å². The lowest BCUT2D eigenvalue weighted by atomic mass is 10.1. The van der Waals surface area contributed by atoms with Crippen LogP contribution in [-0.2, 0) is 0 Å². The van der Waals surface area contributed by atoms with Crippen LogP contribution in [0.3, 0.4) is 0 Å². The molecule has 0 bridgehead atoms. The minimum Gasteiger partial charge on any atom is -0.490 e. The van der Waals surface area contributed by atoms with Crippen molar-refractivity contribution in [2.75, 3.05) is 11.9 Å². The van der Waals surface area contributed by atoms with Gasteiger partial charge in [0.25, 0.3) is 11.8 Å². The number of carbonyl (C=O) groups excluding carboxylic acids is 2. The van der Waals surface area contributed by atoms with Gasteiger partial charge in [0, 0.05) is 6.54 Å². The first kappa shape index (κ1) is 17.5. The molecule has 2 rings (SSSR count). The zero-order valence-electron chi connectivity index (χ0n) is 14.1. The molecule has 24 heavy (non-hydrogen) atoms. The standard InChI is InChI=1S/C19H22N2O3/c1-4-20-18(22)14-9-5-7-11-16(14)21-19(23)15-10-6-8-12-17(15)24-13(2)3/h5-13H,4H2,1-3H3,(H,20,22)(H,21,23). The van der Waals surface area contributed by atoms with Crippen LogP contribution in [0.1, 0.15) is 41.5 Å². The average molecular weight is 326 g/mol. The van der Waals surface area contributed by atoms with Gasteiger partial charge in [-0.3, -0.25) is 9.59 Å². The summed E-state index contributed by atoms with van der Waals surface area (Å²) >= 11 is 0. The van der Waals surface area contributed by atoms with E-state index in [0.29, 0.717) is 29.1 Å². The normalized spacial score (nSPS) is 10.3. The minimum atomic E-state index is -0.317. The number of anilines is 1. The van der Waals surface area contributed by atoms with Gasteiger partial charge in [-0.2, -0.15) is 0 Å². The Kier molecular flexibility index (Phi) is 5.95. The van der Waals surface area contributed by atoms with Crippen LogP contribution in [0.25, 0.3) is 0 Å². The van der Waals surface area contributed by atoms with E-state index >= 15 is 0 Å². The predicted molar refractivity (Wildman–Crippen MR) is 94.6 cm³/mol. The molecule has 0 atom stereocenters. The third-order valence-corrected chi connectivity index (χ3v) is 3.25. The lowest BCUT2D eigenvalue weighted by Gasteiger charge is -2.15.